The molecule has 146 valence electrons. The lowest BCUT2D eigenvalue weighted by Gasteiger charge is -2.23. The lowest BCUT2D eigenvalue weighted by atomic mass is 10.0. The van der Waals surface area contributed by atoms with Gasteiger partial charge in [-0.25, -0.2) is 0 Å². The van der Waals surface area contributed by atoms with Crippen molar-refractivity contribution in [2.45, 2.75) is 38.8 Å². The quantitative estimate of drug-likeness (QED) is 0.778. The molecule has 2 aromatic carbocycles. The molecule has 2 atom stereocenters. The molecule has 2 aromatic rings. The summed E-state index contributed by atoms with van der Waals surface area (Å²) in [6.45, 7) is 4.26. The zero-order valence-electron chi connectivity index (χ0n) is 16.3. The van der Waals surface area contributed by atoms with Crippen molar-refractivity contribution in [3.8, 4) is 0 Å². The van der Waals surface area contributed by atoms with Crippen LogP contribution in [-0.2, 0) is 9.59 Å². The van der Waals surface area contributed by atoms with Crippen LogP contribution >= 0.6 is 0 Å². The molecule has 0 spiro atoms. The van der Waals surface area contributed by atoms with E-state index in [0.29, 0.717) is 18.7 Å². The zero-order valence-corrected chi connectivity index (χ0v) is 16.3. The summed E-state index contributed by atoms with van der Waals surface area (Å²) in [5, 5.41) is 12.0. The summed E-state index contributed by atoms with van der Waals surface area (Å²) < 4.78 is 0. The first kappa shape index (κ1) is 19.6. The van der Waals surface area contributed by atoms with E-state index in [1.54, 1.807) is 6.92 Å². The van der Waals surface area contributed by atoms with Crippen molar-refractivity contribution in [1.29, 1.82) is 0 Å². The van der Waals surface area contributed by atoms with E-state index in [1.165, 1.54) is 0 Å². The van der Waals surface area contributed by atoms with Crippen LogP contribution in [0.2, 0.25) is 0 Å². The first-order chi connectivity index (χ1) is 13.6. The van der Waals surface area contributed by atoms with Gasteiger partial charge >= 0.3 is 0 Å². The molecule has 0 saturated heterocycles. The van der Waals surface area contributed by atoms with Crippen LogP contribution in [0.1, 0.15) is 38.3 Å². The molecule has 2 N–H and O–H groups in total. The minimum absolute atomic E-state index is 0.0615. The second-order valence-electron chi connectivity index (χ2n) is 6.84. The molecule has 0 aromatic heterocycles. The zero-order chi connectivity index (χ0) is 19.9. The smallest absolute Gasteiger partial charge is 0.268 e. The number of hydrazone groups is 1. The Hall–Kier alpha value is -3.15. The predicted octanol–water partition coefficient (Wildman–Crippen LogP) is 3.02. The summed E-state index contributed by atoms with van der Waals surface area (Å²) in [4.78, 5) is 24.8. The van der Waals surface area contributed by atoms with Crippen molar-refractivity contribution in [3.05, 3.63) is 66.2 Å². The molecule has 6 nitrogen and oxygen atoms in total. The lowest BCUT2D eigenvalue weighted by molar-refractivity contribution is -0.126. The van der Waals surface area contributed by atoms with Crippen LogP contribution in [0.5, 0.6) is 0 Å². The number of nitrogens with one attached hydrogen (secondary N) is 2. The highest BCUT2D eigenvalue weighted by Gasteiger charge is 2.33. The van der Waals surface area contributed by atoms with Crippen molar-refractivity contribution in [3.63, 3.8) is 0 Å². The van der Waals surface area contributed by atoms with Gasteiger partial charge in [-0.1, -0.05) is 55.5 Å². The molecule has 1 aliphatic rings. The Morgan fingerprint density at radius 3 is 2.39 bits per heavy atom. The minimum Gasteiger partial charge on any atom is -0.354 e. The van der Waals surface area contributed by atoms with Crippen LogP contribution in [0.4, 0.5) is 5.69 Å². The summed E-state index contributed by atoms with van der Waals surface area (Å²) in [5.74, 6) is -0.494. The van der Waals surface area contributed by atoms with E-state index in [0.717, 1.165) is 17.7 Å². The van der Waals surface area contributed by atoms with Crippen LogP contribution in [0.25, 0.3) is 0 Å². The number of carbonyl (C=O) groups excluding carboxylic acids is 2. The van der Waals surface area contributed by atoms with E-state index in [2.05, 4.69) is 15.7 Å². The number of anilines is 1. The summed E-state index contributed by atoms with van der Waals surface area (Å²) in [5.41, 5.74) is 2.44. The highest BCUT2D eigenvalue weighted by Crippen LogP contribution is 2.34. The van der Waals surface area contributed by atoms with E-state index in [1.807, 2.05) is 72.6 Å². The number of carbonyl (C=O) groups is 2. The van der Waals surface area contributed by atoms with Gasteiger partial charge in [0, 0.05) is 13.0 Å². The van der Waals surface area contributed by atoms with Crippen molar-refractivity contribution < 1.29 is 9.59 Å². The predicted molar refractivity (Wildman–Crippen MR) is 111 cm³/mol. The first-order valence-corrected chi connectivity index (χ1v) is 9.65. The maximum Gasteiger partial charge on any atom is 0.268 e. The molecular formula is C22H26N4O2. The Kier molecular flexibility index (Phi) is 6.42. The Bertz CT molecular complexity index is 836. The highest BCUT2D eigenvalue weighted by molar-refractivity contribution is 6.40. The van der Waals surface area contributed by atoms with Crippen LogP contribution in [0, 0.1) is 0 Å². The number of para-hydroxylation sites is 1. The van der Waals surface area contributed by atoms with Gasteiger partial charge in [-0.15, -0.1) is 0 Å². The molecule has 0 bridgehead atoms. The second-order valence-corrected chi connectivity index (χ2v) is 6.84. The Morgan fingerprint density at radius 1 is 1.11 bits per heavy atom. The highest BCUT2D eigenvalue weighted by atomic mass is 16.2. The standard InChI is InChI=1S/C22H26N4O2/c1-3-14-23-21(27)16(2)24-22(28)19-15-20(17-10-6-4-7-11-17)26(25-19)18-12-8-5-9-13-18/h4-13,16,20H,3,14-15H2,1-2H3,(H,23,27)(H,24,28)/t16-,20+/m1/s1. The van der Waals surface area contributed by atoms with Gasteiger partial charge in [0.15, 0.2) is 0 Å². The molecule has 3 rings (SSSR count). The normalized spacial score (nSPS) is 17.0. The van der Waals surface area contributed by atoms with Gasteiger partial charge in [0.2, 0.25) is 5.91 Å². The molecule has 0 saturated carbocycles. The first-order valence-electron chi connectivity index (χ1n) is 9.65. The van der Waals surface area contributed by atoms with Gasteiger partial charge in [-0.05, 0) is 31.0 Å². The largest absolute Gasteiger partial charge is 0.354 e. The van der Waals surface area contributed by atoms with E-state index in [4.69, 9.17) is 0 Å². The molecule has 0 fully saturated rings. The van der Waals surface area contributed by atoms with Crippen molar-refractivity contribution >= 4 is 23.2 Å². The molecule has 2 amide bonds. The summed E-state index contributed by atoms with van der Waals surface area (Å²) >= 11 is 0. The molecular weight excluding hydrogens is 352 g/mol. The van der Waals surface area contributed by atoms with Crippen molar-refractivity contribution in [2.24, 2.45) is 5.10 Å². The maximum atomic E-state index is 12.7. The number of rotatable bonds is 7. The summed E-state index contributed by atoms with van der Waals surface area (Å²) in [7, 11) is 0. The molecule has 0 aliphatic carbocycles. The van der Waals surface area contributed by atoms with Gasteiger partial charge in [-0.2, -0.15) is 5.10 Å². The number of benzene rings is 2. The fraction of sp³-hybridized carbons (Fsp3) is 0.318. The third-order valence-corrected chi connectivity index (χ3v) is 4.67. The molecule has 6 heteroatoms. The van der Waals surface area contributed by atoms with Gasteiger partial charge < -0.3 is 10.6 Å². The van der Waals surface area contributed by atoms with Crippen molar-refractivity contribution in [1.82, 2.24) is 10.6 Å². The number of hydrogen-bond acceptors (Lipinski definition) is 4. The minimum atomic E-state index is -0.609. The fourth-order valence-corrected chi connectivity index (χ4v) is 3.15. The van der Waals surface area contributed by atoms with Crippen molar-refractivity contribution in [2.75, 3.05) is 11.6 Å². The van der Waals surface area contributed by atoms with Crippen LogP contribution < -0.4 is 15.6 Å². The van der Waals surface area contributed by atoms with E-state index in [9.17, 15) is 9.59 Å². The van der Waals surface area contributed by atoms with E-state index < -0.39 is 6.04 Å². The molecule has 1 aliphatic heterocycles. The average molecular weight is 378 g/mol. The third-order valence-electron chi connectivity index (χ3n) is 4.67. The third kappa shape index (κ3) is 4.57. The second kappa shape index (κ2) is 9.17. The van der Waals surface area contributed by atoms with Gasteiger partial charge in [-0.3, -0.25) is 14.6 Å². The van der Waals surface area contributed by atoms with Gasteiger partial charge in [0.05, 0.1) is 11.7 Å². The Labute approximate surface area is 165 Å². The maximum absolute atomic E-state index is 12.7. The van der Waals surface area contributed by atoms with Gasteiger partial charge in [0.1, 0.15) is 11.8 Å². The molecule has 28 heavy (non-hydrogen) atoms. The van der Waals surface area contributed by atoms with Crippen LogP contribution in [0.15, 0.2) is 65.8 Å². The summed E-state index contributed by atoms with van der Waals surface area (Å²) in [6.07, 6.45) is 1.33. The molecule has 0 unspecified atom stereocenters. The van der Waals surface area contributed by atoms with E-state index in [-0.39, 0.29) is 17.9 Å². The molecule has 1 heterocycles. The number of hydrogen-bond donors (Lipinski definition) is 2. The van der Waals surface area contributed by atoms with Crippen LogP contribution in [0.3, 0.4) is 0 Å². The average Bonchev–Trinajstić information content (AvgIpc) is 3.19. The monoisotopic (exact) mass is 378 g/mol. The fourth-order valence-electron chi connectivity index (χ4n) is 3.15. The number of nitrogens with zero attached hydrogens (tertiary/aromatic N) is 2. The van der Waals surface area contributed by atoms with Gasteiger partial charge in [0.25, 0.3) is 5.91 Å². The number of amides is 2. The SMILES string of the molecule is CCCNC(=O)[C@@H](C)NC(=O)C1=NN(c2ccccc2)[C@H](c2ccccc2)C1. The summed E-state index contributed by atoms with van der Waals surface area (Å²) in [6, 6.07) is 19.1. The lowest BCUT2D eigenvalue weighted by Crippen LogP contribution is -2.47. The van der Waals surface area contributed by atoms with Crippen LogP contribution in [-0.4, -0.2) is 30.1 Å². The molecule has 0 radical (unpaired) electrons. The Balaban J connectivity index is 1.78. The Morgan fingerprint density at radius 2 is 1.75 bits per heavy atom. The van der Waals surface area contributed by atoms with E-state index >= 15 is 0 Å². The topological polar surface area (TPSA) is 73.8 Å².